The third-order valence-corrected chi connectivity index (χ3v) is 0.671. The topological polar surface area (TPSA) is 159 Å². The van der Waals surface area contributed by atoms with Crippen molar-refractivity contribution in [2.45, 2.75) is 40.0 Å². The van der Waals surface area contributed by atoms with Crippen LogP contribution in [0, 0.1) is 10.1 Å². The van der Waals surface area contributed by atoms with Gasteiger partial charge in [0.25, 0.3) is 5.09 Å². The van der Waals surface area contributed by atoms with Crippen LogP contribution >= 0.6 is 0 Å². The van der Waals surface area contributed by atoms with E-state index in [0.717, 1.165) is 19.3 Å². The van der Waals surface area contributed by atoms with E-state index in [0.29, 0.717) is 19.8 Å². The molecule has 0 radical (unpaired) electrons. The Labute approximate surface area is 103 Å². The normalized spacial score (nSPS) is 6.71. The molecule has 0 fully saturated rings. The molecule has 0 aliphatic carbocycles. The van der Waals surface area contributed by atoms with E-state index in [9.17, 15) is 0 Å². The third kappa shape index (κ3) is 615. The van der Waals surface area contributed by atoms with Crippen LogP contribution < -0.4 is 6.15 Å². The van der Waals surface area contributed by atoms with Crippen molar-refractivity contribution in [3.8, 4) is 0 Å². The quantitative estimate of drug-likeness (QED) is 0.373. The van der Waals surface area contributed by atoms with E-state index >= 15 is 0 Å². The van der Waals surface area contributed by atoms with Crippen LogP contribution in [0.15, 0.2) is 0 Å². The Morgan fingerprint density at radius 1 is 0.882 bits per heavy atom. The average Bonchev–Trinajstić information content (AvgIpc) is 2.28. The molecule has 0 aromatic heterocycles. The van der Waals surface area contributed by atoms with Gasteiger partial charge in [0.05, 0.1) is 0 Å². The van der Waals surface area contributed by atoms with Crippen molar-refractivity contribution < 1.29 is 25.6 Å². The second-order valence-electron chi connectivity index (χ2n) is 2.41. The molecule has 0 bridgehead atoms. The second-order valence-corrected chi connectivity index (χ2v) is 2.41. The molecule has 17 heavy (non-hydrogen) atoms. The Hall–Kier alpha value is -0.960. The number of hydrogen-bond acceptors (Lipinski definition) is 6. The summed E-state index contributed by atoms with van der Waals surface area (Å²) in [5.41, 5.74) is 0. The molecule has 0 spiro atoms. The summed E-state index contributed by atoms with van der Waals surface area (Å²) in [4.78, 5) is 8.36. The third-order valence-electron chi connectivity index (χ3n) is 0.671. The molecular formula is C9H28N2O6. The molecule has 0 unspecified atom stereocenters. The minimum Gasteiger partial charge on any atom is -0.396 e. The van der Waals surface area contributed by atoms with E-state index in [1.807, 2.05) is 20.8 Å². The van der Waals surface area contributed by atoms with Crippen molar-refractivity contribution in [3.63, 3.8) is 0 Å². The molecule has 8 heteroatoms. The van der Waals surface area contributed by atoms with E-state index in [4.69, 9.17) is 30.6 Å². The van der Waals surface area contributed by atoms with Crippen molar-refractivity contribution >= 4 is 0 Å². The smallest absolute Gasteiger partial charge is 0.291 e. The van der Waals surface area contributed by atoms with Gasteiger partial charge in [-0.15, -0.1) is 10.1 Å². The minimum absolute atomic E-state index is 0. The first-order chi connectivity index (χ1) is 7.47. The van der Waals surface area contributed by atoms with Gasteiger partial charge in [0.2, 0.25) is 0 Å². The van der Waals surface area contributed by atoms with Crippen LogP contribution in [0.25, 0.3) is 0 Å². The Balaban J connectivity index is -0.0000000369. The summed E-state index contributed by atoms with van der Waals surface area (Å²) in [6, 6.07) is 0. The highest BCUT2D eigenvalue weighted by Gasteiger charge is 1.65. The number of aliphatic hydroxyl groups is 3. The molecule has 0 saturated heterocycles. The lowest BCUT2D eigenvalue weighted by atomic mass is 10.5. The molecular weight excluding hydrogens is 232 g/mol. The number of hydrogen-bond donors (Lipinski definition) is 5. The molecule has 8 nitrogen and oxygen atoms in total. The van der Waals surface area contributed by atoms with E-state index in [1.54, 1.807) is 0 Å². The molecule has 0 rings (SSSR count). The lowest BCUT2D eigenvalue weighted by Crippen LogP contribution is -1.81. The van der Waals surface area contributed by atoms with Crippen LogP contribution in [0.3, 0.4) is 0 Å². The molecule has 0 heterocycles. The first-order valence-corrected chi connectivity index (χ1v) is 5.14. The molecule has 110 valence electrons. The lowest BCUT2D eigenvalue weighted by Gasteiger charge is -1.69. The summed E-state index contributed by atoms with van der Waals surface area (Å²) in [6.45, 7) is 6.75. The first-order valence-electron chi connectivity index (χ1n) is 5.14. The zero-order chi connectivity index (χ0) is 13.8. The maximum absolute atomic E-state index is 8.36. The highest BCUT2D eigenvalue weighted by molar-refractivity contribution is 4.10. The summed E-state index contributed by atoms with van der Waals surface area (Å²) in [5.74, 6) is 0. The summed E-state index contributed by atoms with van der Waals surface area (Å²) in [5, 5.41) is 37.3. The summed E-state index contributed by atoms with van der Waals surface area (Å²) < 4.78 is 0. The molecule has 0 atom stereocenters. The van der Waals surface area contributed by atoms with Crippen molar-refractivity contribution in [2.24, 2.45) is 0 Å². The van der Waals surface area contributed by atoms with Gasteiger partial charge in [-0.25, -0.2) is 0 Å². The average molecular weight is 260 g/mol. The second kappa shape index (κ2) is 45.9. The van der Waals surface area contributed by atoms with Gasteiger partial charge in [-0.1, -0.05) is 20.8 Å². The molecule has 0 amide bonds. The molecule has 0 saturated carbocycles. The Kier molecular flexibility index (Phi) is 80.3. The largest absolute Gasteiger partial charge is 0.396 e. The van der Waals surface area contributed by atoms with Crippen LogP contribution in [0.4, 0.5) is 0 Å². The van der Waals surface area contributed by atoms with E-state index < -0.39 is 5.09 Å². The summed E-state index contributed by atoms with van der Waals surface area (Å²) in [7, 11) is 0. The summed E-state index contributed by atoms with van der Waals surface area (Å²) in [6.07, 6.45) is 2.62. The predicted octanol–water partition coefficient (Wildman–Crippen LogP) is 0.980. The fourth-order valence-electron chi connectivity index (χ4n) is 0. The molecule has 0 aliphatic heterocycles. The van der Waals surface area contributed by atoms with Crippen molar-refractivity contribution in [1.82, 2.24) is 6.15 Å². The van der Waals surface area contributed by atoms with Gasteiger partial charge in [-0.3, -0.25) is 0 Å². The highest BCUT2D eigenvalue weighted by atomic mass is 16.9. The van der Waals surface area contributed by atoms with Gasteiger partial charge >= 0.3 is 0 Å². The van der Waals surface area contributed by atoms with Crippen LogP contribution in [0.1, 0.15) is 40.0 Å². The van der Waals surface area contributed by atoms with E-state index in [2.05, 4.69) is 0 Å². The SMILES string of the molecule is CCCO.CCCO.CCCO.N.O=[N+]([O-])O. The molecule has 0 aliphatic rings. The van der Waals surface area contributed by atoms with Crippen LogP contribution in [0.2, 0.25) is 0 Å². The van der Waals surface area contributed by atoms with Gasteiger partial charge in [0.1, 0.15) is 0 Å². The van der Waals surface area contributed by atoms with Gasteiger partial charge < -0.3 is 26.7 Å². The molecule has 7 N–H and O–H groups in total. The maximum atomic E-state index is 8.36. The highest BCUT2D eigenvalue weighted by Crippen LogP contribution is 1.62. The lowest BCUT2D eigenvalue weighted by molar-refractivity contribution is -0.742. The Morgan fingerprint density at radius 2 is 0.941 bits per heavy atom. The monoisotopic (exact) mass is 260 g/mol. The zero-order valence-corrected chi connectivity index (χ0v) is 11.0. The van der Waals surface area contributed by atoms with Crippen LogP contribution in [-0.2, 0) is 0 Å². The Bertz CT molecular complexity index is 86.0. The Morgan fingerprint density at radius 3 is 0.941 bits per heavy atom. The molecule has 0 aromatic carbocycles. The van der Waals surface area contributed by atoms with Crippen molar-refractivity contribution in [1.29, 1.82) is 0 Å². The van der Waals surface area contributed by atoms with Crippen molar-refractivity contribution in [2.75, 3.05) is 19.8 Å². The van der Waals surface area contributed by atoms with E-state index in [-0.39, 0.29) is 6.15 Å². The number of rotatable bonds is 3. The van der Waals surface area contributed by atoms with E-state index in [1.165, 1.54) is 0 Å². The van der Waals surface area contributed by atoms with Crippen molar-refractivity contribution in [3.05, 3.63) is 10.1 Å². The summed E-state index contributed by atoms with van der Waals surface area (Å²) >= 11 is 0. The fraction of sp³-hybridized carbons (Fsp3) is 1.00. The zero-order valence-electron chi connectivity index (χ0n) is 11.0. The number of nitrogens with zero attached hydrogens (tertiary/aromatic N) is 1. The van der Waals surface area contributed by atoms with Gasteiger partial charge in [-0.2, -0.15) is 0 Å². The number of aliphatic hydroxyl groups excluding tert-OH is 3. The van der Waals surface area contributed by atoms with Crippen LogP contribution in [0.5, 0.6) is 0 Å². The first kappa shape index (κ1) is 29.8. The van der Waals surface area contributed by atoms with Crippen LogP contribution in [-0.4, -0.2) is 45.4 Å². The van der Waals surface area contributed by atoms with Gasteiger partial charge in [-0.05, 0) is 19.3 Å². The van der Waals surface area contributed by atoms with Gasteiger partial charge in [0.15, 0.2) is 0 Å². The predicted molar refractivity (Wildman–Crippen MR) is 65.9 cm³/mol. The van der Waals surface area contributed by atoms with Gasteiger partial charge in [0, 0.05) is 19.8 Å². The maximum Gasteiger partial charge on any atom is 0.291 e. The fourth-order valence-corrected chi connectivity index (χ4v) is 0. The standard InChI is InChI=1S/3C3H8O.HNO3.H3N/c3*1-2-3-4;2-1(3)4;/h3*4H,2-3H2,1H3;(H,2,3,4);1H3. The molecule has 0 aromatic rings. The minimum atomic E-state index is -1.50.